The summed E-state index contributed by atoms with van der Waals surface area (Å²) in [5.74, 6) is -1.80. The second-order valence-electron chi connectivity index (χ2n) is 7.42. The predicted octanol–water partition coefficient (Wildman–Crippen LogP) is 3.03. The summed E-state index contributed by atoms with van der Waals surface area (Å²) in [6.07, 6.45) is 7.44. The fourth-order valence-corrected chi connectivity index (χ4v) is 4.17. The summed E-state index contributed by atoms with van der Waals surface area (Å²) in [6.45, 7) is 2.14. The van der Waals surface area contributed by atoms with Gasteiger partial charge in [-0.2, -0.15) is 10.4 Å². The Morgan fingerprint density at radius 1 is 1.22 bits per heavy atom. The molecule has 2 aromatic heterocycles. The number of thioether (sulfide) groups is 1. The van der Waals surface area contributed by atoms with E-state index in [0.717, 1.165) is 23.9 Å². The SMILES string of the molecule is C#Cc1cnc(C#N)c(SC(OC(N)COCC)[C@@H](O)Cn2cc(-c3cc(F)c(F)c(F)c3)cn2)c1. The number of halogens is 3. The van der Waals surface area contributed by atoms with Crippen molar-refractivity contribution in [3.8, 4) is 29.5 Å². The second-order valence-corrected chi connectivity index (χ2v) is 8.56. The van der Waals surface area contributed by atoms with E-state index in [2.05, 4.69) is 16.0 Å². The number of nitrogens with zero attached hydrogens (tertiary/aromatic N) is 4. The van der Waals surface area contributed by atoms with Crippen LogP contribution in [0, 0.1) is 41.1 Å². The summed E-state index contributed by atoms with van der Waals surface area (Å²) in [7, 11) is 0. The van der Waals surface area contributed by atoms with E-state index < -0.39 is 35.2 Å². The third kappa shape index (κ3) is 6.85. The average molecular weight is 518 g/mol. The average Bonchev–Trinajstić information content (AvgIpc) is 3.33. The minimum atomic E-state index is -1.57. The highest BCUT2D eigenvalue weighted by Crippen LogP contribution is 2.31. The molecular formula is C24H22F3N5O3S. The minimum absolute atomic E-state index is 0.0572. The van der Waals surface area contributed by atoms with E-state index in [9.17, 15) is 23.5 Å². The molecule has 12 heteroatoms. The first-order valence-electron chi connectivity index (χ1n) is 10.6. The molecule has 0 saturated heterocycles. The first-order valence-corrected chi connectivity index (χ1v) is 11.5. The van der Waals surface area contributed by atoms with Crippen molar-refractivity contribution in [2.45, 2.75) is 36.1 Å². The summed E-state index contributed by atoms with van der Waals surface area (Å²) in [5, 5.41) is 24.5. The Morgan fingerprint density at radius 2 is 1.94 bits per heavy atom. The summed E-state index contributed by atoms with van der Waals surface area (Å²) in [6, 6.07) is 5.22. The van der Waals surface area contributed by atoms with Crippen LogP contribution in [-0.4, -0.2) is 50.9 Å². The standard InChI is InChI=1S/C24H22F3N5O3S/c1-3-14-5-21(19(8-28)30-9-14)36-24(35-22(29)13-34-4-2)20(33)12-32-11-16(10-31-32)15-6-17(25)23(27)18(26)7-15/h1,5-7,9-11,20,22,24,33H,4,12-13,29H2,2H3/t20-,22?,24?/m0/s1. The van der Waals surface area contributed by atoms with E-state index in [4.69, 9.17) is 21.6 Å². The zero-order chi connectivity index (χ0) is 26.2. The Labute approximate surface area is 209 Å². The lowest BCUT2D eigenvalue weighted by Gasteiger charge is -2.26. The lowest BCUT2D eigenvalue weighted by Crippen LogP contribution is -2.39. The molecule has 3 atom stereocenters. The highest BCUT2D eigenvalue weighted by molar-refractivity contribution is 7.99. The molecule has 1 aromatic carbocycles. The van der Waals surface area contributed by atoms with Crippen LogP contribution < -0.4 is 5.73 Å². The topological polar surface area (TPSA) is 119 Å². The molecule has 0 spiro atoms. The van der Waals surface area contributed by atoms with Gasteiger partial charge in [0.15, 0.2) is 23.1 Å². The molecule has 0 aliphatic rings. The van der Waals surface area contributed by atoms with Crippen molar-refractivity contribution in [2.24, 2.45) is 5.73 Å². The van der Waals surface area contributed by atoms with Crippen LogP contribution in [0.4, 0.5) is 13.2 Å². The van der Waals surface area contributed by atoms with Crippen LogP contribution in [0.5, 0.6) is 0 Å². The van der Waals surface area contributed by atoms with Crippen molar-refractivity contribution < 1.29 is 27.8 Å². The number of hydrogen-bond acceptors (Lipinski definition) is 8. The molecular weight excluding hydrogens is 495 g/mol. The van der Waals surface area contributed by atoms with Gasteiger partial charge in [0.2, 0.25) is 0 Å². The summed E-state index contributed by atoms with van der Waals surface area (Å²) in [4.78, 5) is 4.40. The quantitative estimate of drug-likeness (QED) is 0.172. The lowest BCUT2D eigenvalue weighted by atomic mass is 10.1. The third-order valence-corrected chi connectivity index (χ3v) is 6.02. The fourth-order valence-electron chi connectivity index (χ4n) is 3.08. The van der Waals surface area contributed by atoms with Crippen LogP contribution in [-0.2, 0) is 16.0 Å². The van der Waals surface area contributed by atoms with Crippen molar-refractivity contribution in [1.29, 1.82) is 5.26 Å². The zero-order valence-electron chi connectivity index (χ0n) is 19.1. The Balaban J connectivity index is 1.83. The summed E-state index contributed by atoms with van der Waals surface area (Å²) < 4.78 is 52.9. The van der Waals surface area contributed by atoms with E-state index in [-0.39, 0.29) is 24.4 Å². The molecule has 3 rings (SSSR count). The fraction of sp³-hybridized carbons (Fsp3) is 0.292. The maximum Gasteiger partial charge on any atom is 0.194 e. The van der Waals surface area contributed by atoms with Gasteiger partial charge in [0.25, 0.3) is 0 Å². The van der Waals surface area contributed by atoms with Crippen LogP contribution in [0.2, 0.25) is 0 Å². The second kappa shape index (κ2) is 12.5. The van der Waals surface area contributed by atoms with Gasteiger partial charge in [-0.05, 0) is 30.7 Å². The molecule has 0 bridgehead atoms. The van der Waals surface area contributed by atoms with Crippen LogP contribution in [0.25, 0.3) is 11.1 Å². The number of aliphatic hydroxyl groups excluding tert-OH is 1. The molecule has 0 fully saturated rings. The molecule has 3 N–H and O–H groups in total. The van der Waals surface area contributed by atoms with Gasteiger partial charge in [0.1, 0.15) is 23.8 Å². The van der Waals surface area contributed by atoms with Crippen molar-refractivity contribution in [1.82, 2.24) is 14.8 Å². The third-order valence-electron chi connectivity index (χ3n) is 4.80. The number of nitriles is 1. The Hall–Kier alpha value is -3.39. The molecule has 2 heterocycles. The molecule has 2 unspecified atom stereocenters. The van der Waals surface area contributed by atoms with Gasteiger partial charge in [0, 0.05) is 35.0 Å². The van der Waals surface area contributed by atoms with E-state index in [1.165, 1.54) is 23.3 Å². The number of aromatic nitrogens is 3. The van der Waals surface area contributed by atoms with Crippen LogP contribution in [0.1, 0.15) is 18.2 Å². The largest absolute Gasteiger partial charge is 0.388 e. The van der Waals surface area contributed by atoms with Gasteiger partial charge in [-0.3, -0.25) is 4.68 Å². The van der Waals surface area contributed by atoms with Gasteiger partial charge in [0.05, 0.1) is 19.3 Å². The van der Waals surface area contributed by atoms with Gasteiger partial charge >= 0.3 is 0 Å². The van der Waals surface area contributed by atoms with Gasteiger partial charge in [-0.1, -0.05) is 17.7 Å². The van der Waals surface area contributed by atoms with Crippen LogP contribution in [0.15, 0.2) is 41.7 Å². The number of pyridine rings is 1. The summed E-state index contributed by atoms with van der Waals surface area (Å²) >= 11 is 0.997. The highest BCUT2D eigenvalue weighted by atomic mass is 32.2. The molecule has 3 aromatic rings. The molecule has 36 heavy (non-hydrogen) atoms. The molecule has 0 amide bonds. The molecule has 0 aliphatic carbocycles. The monoisotopic (exact) mass is 517 g/mol. The first kappa shape index (κ1) is 27.2. The molecule has 188 valence electrons. The van der Waals surface area contributed by atoms with Crippen LogP contribution >= 0.6 is 11.8 Å². The highest BCUT2D eigenvalue weighted by Gasteiger charge is 2.26. The van der Waals surface area contributed by atoms with E-state index in [0.29, 0.717) is 22.6 Å². The minimum Gasteiger partial charge on any atom is -0.388 e. The Kier molecular flexibility index (Phi) is 9.47. The number of rotatable bonds is 11. The Bertz CT molecular complexity index is 1270. The van der Waals surface area contributed by atoms with Crippen molar-refractivity contribution in [3.63, 3.8) is 0 Å². The van der Waals surface area contributed by atoms with Crippen molar-refractivity contribution in [3.05, 3.63) is 65.5 Å². The summed E-state index contributed by atoms with van der Waals surface area (Å²) in [5.41, 5.74) is 5.87. The number of hydrogen-bond donors (Lipinski definition) is 2. The van der Waals surface area contributed by atoms with Crippen molar-refractivity contribution in [2.75, 3.05) is 13.2 Å². The predicted molar refractivity (Wildman–Crippen MR) is 126 cm³/mol. The smallest absolute Gasteiger partial charge is 0.194 e. The first-order chi connectivity index (χ1) is 17.2. The van der Waals surface area contributed by atoms with Gasteiger partial charge < -0.3 is 20.3 Å². The van der Waals surface area contributed by atoms with Crippen LogP contribution in [0.3, 0.4) is 0 Å². The number of ether oxygens (including phenoxy) is 2. The number of terminal acetylenes is 1. The Morgan fingerprint density at radius 3 is 2.58 bits per heavy atom. The van der Waals surface area contributed by atoms with Crippen molar-refractivity contribution >= 4 is 11.8 Å². The molecule has 8 nitrogen and oxygen atoms in total. The number of nitrogens with two attached hydrogens (primary N) is 1. The van der Waals surface area contributed by atoms with Gasteiger partial charge in [-0.15, -0.1) is 6.42 Å². The molecule has 0 saturated carbocycles. The lowest BCUT2D eigenvalue weighted by molar-refractivity contribution is -0.0641. The maximum absolute atomic E-state index is 13.6. The number of aliphatic hydroxyl groups is 1. The maximum atomic E-state index is 13.6. The van der Waals surface area contributed by atoms with E-state index in [1.54, 1.807) is 13.0 Å². The van der Waals surface area contributed by atoms with Gasteiger partial charge in [-0.25, -0.2) is 18.2 Å². The molecule has 0 aliphatic heterocycles. The molecule has 0 radical (unpaired) electrons. The normalized spacial score (nSPS) is 13.6. The number of benzene rings is 1. The zero-order valence-corrected chi connectivity index (χ0v) is 19.9. The van der Waals surface area contributed by atoms with E-state index in [1.807, 2.05) is 6.07 Å². The van der Waals surface area contributed by atoms with E-state index >= 15 is 0 Å².